The maximum absolute atomic E-state index is 12.7. The monoisotopic (exact) mass is 554 g/mol. The number of epoxide rings is 1. The Balaban J connectivity index is 1.81. The molecule has 1 saturated carbocycles. The van der Waals surface area contributed by atoms with Crippen LogP contribution in [0.2, 0.25) is 0 Å². The predicted octanol–water partition coefficient (Wildman–Crippen LogP) is 2.84. The fourth-order valence-corrected chi connectivity index (χ4v) is 7.16. The molecule has 212 valence electrons. The number of hydrogen-bond acceptors (Lipinski definition) is 9. The molecule has 1 unspecified atom stereocenters. The van der Waals surface area contributed by atoms with Gasteiger partial charge in [0.2, 0.25) is 0 Å². The van der Waals surface area contributed by atoms with Crippen molar-refractivity contribution in [3.05, 3.63) is 24.3 Å². The number of esters is 3. The molecule has 0 bridgehead atoms. The van der Waals surface area contributed by atoms with Crippen LogP contribution in [0.1, 0.15) is 60.3 Å². The SMILES string of the molecule is C=C1C=C[C@H](OC(C)=O)[C@@]2(C)[C@H]3O[C@H]3[C@@H](OC(=O)CCCCC)[C@H](C)[C@@H]2C(O)[C@]2(O)[C@@H](C)C(=O)O[C@H]2[C@H]1Cl. The van der Waals surface area contributed by atoms with Crippen molar-refractivity contribution in [1.29, 1.82) is 0 Å². The van der Waals surface area contributed by atoms with Crippen molar-refractivity contribution >= 4 is 29.5 Å². The molecule has 9 nitrogen and oxygen atoms in total. The summed E-state index contributed by atoms with van der Waals surface area (Å²) in [7, 11) is 0. The number of rotatable bonds is 6. The lowest BCUT2D eigenvalue weighted by Gasteiger charge is -2.53. The number of halogens is 1. The van der Waals surface area contributed by atoms with E-state index in [9.17, 15) is 24.6 Å². The van der Waals surface area contributed by atoms with Crippen LogP contribution in [-0.4, -0.2) is 75.7 Å². The number of carbonyl (C=O) groups is 3. The van der Waals surface area contributed by atoms with E-state index in [1.165, 1.54) is 13.8 Å². The van der Waals surface area contributed by atoms with Crippen LogP contribution in [-0.2, 0) is 33.3 Å². The van der Waals surface area contributed by atoms with Crippen molar-refractivity contribution in [2.45, 2.75) is 108 Å². The minimum atomic E-state index is -2.10. The first-order valence-electron chi connectivity index (χ1n) is 13.4. The van der Waals surface area contributed by atoms with E-state index in [2.05, 4.69) is 6.58 Å². The van der Waals surface area contributed by atoms with Crippen molar-refractivity contribution in [3.63, 3.8) is 0 Å². The molecule has 2 saturated heterocycles. The van der Waals surface area contributed by atoms with E-state index < -0.39 is 82.7 Å². The Bertz CT molecular complexity index is 1010. The van der Waals surface area contributed by atoms with E-state index in [0.717, 1.165) is 12.8 Å². The largest absolute Gasteiger partial charge is 0.459 e. The second-order valence-electron chi connectivity index (χ2n) is 11.5. The van der Waals surface area contributed by atoms with Gasteiger partial charge in [-0.15, -0.1) is 11.6 Å². The minimum Gasteiger partial charge on any atom is -0.459 e. The van der Waals surface area contributed by atoms with Gasteiger partial charge in [0.15, 0.2) is 6.10 Å². The van der Waals surface area contributed by atoms with Gasteiger partial charge >= 0.3 is 17.9 Å². The maximum Gasteiger partial charge on any atom is 0.312 e. The van der Waals surface area contributed by atoms with E-state index in [4.69, 9.17) is 30.5 Å². The molecule has 4 aliphatic rings. The third-order valence-corrected chi connectivity index (χ3v) is 9.60. The predicted molar refractivity (Wildman–Crippen MR) is 137 cm³/mol. The molecule has 3 fully saturated rings. The summed E-state index contributed by atoms with van der Waals surface area (Å²) < 4.78 is 23.3. The molecule has 38 heavy (non-hydrogen) atoms. The smallest absolute Gasteiger partial charge is 0.312 e. The molecule has 0 spiro atoms. The van der Waals surface area contributed by atoms with Crippen LogP contribution in [0.4, 0.5) is 0 Å². The highest BCUT2D eigenvalue weighted by Gasteiger charge is 2.74. The molecule has 10 heteroatoms. The number of unbranched alkanes of at least 4 members (excludes halogenated alkanes) is 2. The minimum absolute atomic E-state index is 0.263. The average molecular weight is 555 g/mol. The Morgan fingerprint density at radius 1 is 1.21 bits per heavy atom. The van der Waals surface area contributed by atoms with Gasteiger partial charge in [-0.3, -0.25) is 14.4 Å². The zero-order valence-electron chi connectivity index (χ0n) is 22.6. The van der Waals surface area contributed by atoms with Crippen molar-refractivity contribution in [2.75, 3.05) is 0 Å². The van der Waals surface area contributed by atoms with Crippen LogP contribution >= 0.6 is 11.6 Å². The maximum atomic E-state index is 12.7. The van der Waals surface area contributed by atoms with Crippen LogP contribution in [0.25, 0.3) is 0 Å². The van der Waals surface area contributed by atoms with E-state index in [-0.39, 0.29) is 12.4 Å². The highest BCUT2D eigenvalue weighted by Crippen LogP contribution is 2.61. The zero-order chi connectivity index (χ0) is 28.2. The number of alkyl halides is 1. The van der Waals surface area contributed by atoms with Gasteiger partial charge in [-0.05, 0) is 25.0 Å². The Hall–Kier alpha value is -1.94. The number of aliphatic hydroxyl groups is 2. The van der Waals surface area contributed by atoms with Gasteiger partial charge in [0.25, 0.3) is 0 Å². The van der Waals surface area contributed by atoms with Gasteiger partial charge in [0, 0.05) is 30.6 Å². The van der Waals surface area contributed by atoms with Crippen LogP contribution < -0.4 is 0 Å². The molecular weight excluding hydrogens is 516 g/mol. The van der Waals surface area contributed by atoms with Gasteiger partial charge in [-0.2, -0.15) is 0 Å². The molecule has 2 N–H and O–H groups in total. The van der Waals surface area contributed by atoms with Gasteiger partial charge in [-0.1, -0.05) is 46.3 Å². The van der Waals surface area contributed by atoms with Crippen molar-refractivity contribution in [2.24, 2.45) is 23.2 Å². The molecule has 2 heterocycles. The molecule has 12 atom stereocenters. The van der Waals surface area contributed by atoms with Crippen molar-refractivity contribution < 1.29 is 43.5 Å². The number of fused-ring (bicyclic) bond motifs is 4. The fourth-order valence-electron chi connectivity index (χ4n) is 6.83. The first-order chi connectivity index (χ1) is 17.8. The van der Waals surface area contributed by atoms with Gasteiger partial charge in [0.1, 0.15) is 23.9 Å². The number of carbonyl (C=O) groups excluding carboxylic acids is 3. The lowest BCUT2D eigenvalue weighted by atomic mass is 9.54. The number of aliphatic hydroxyl groups excluding tert-OH is 1. The lowest BCUT2D eigenvalue weighted by Crippen LogP contribution is -2.67. The molecule has 2 aliphatic heterocycles. The normalized spacial score (nSPS) is 45.8. The van der Waals surface area contributed by atoms with E-state index >= 15 is 0 Å². The summed E-state index contributed by atoms with van der Waals surface area (Å²) >= 11 is 6.65. The number of ether oxygens (including phenoxy) is 4. The van der Waals surface area contributed by atoms with E-state index in [0.29, 0.717) is 12.0 Å². The highest BCUT2D eigenvalue weighted by atomic mass is 35.5. The fraction of sp³-hybridized carbons (Fsp3) is 0.750. The van der Waals surface area contributed by atoms with Crippen molar-refractivity contribution in [3.8, 4) is 0 Å². The van der Waals surface area contributed by atoms with Crippen LogP contribution in [0, 0.1) is 23.2 Å². The summed E-state index contributed by atoms with van der Waals surface area (Å²) in [6.45, 7) is 12.4. The Labute approximate surface area is 228 Å². The summed E-state index contributed by atoms with van der Waals surface area (Å²) in [6, 6.07) is 0. The molecule has 2 aliphatic carbocycles. The third-order valence-electron chi connectivity index (χ3n) is 9.09. The van der Waals surface area contributed by atoms with Gasteiger partial charge in [0.05, 0.1) is 23.5 Å². The molecule has 0 aromatic heterocycles. The summed E-state index contributed by atoms with van der Waals surface area (Å²) in [5.74, 6) is -4.12. The summed E-state index contributed by atoms with van der Waals surface area (Å²) in [5.41, 5.74) is -2.85. The Morgan fingerprint density at radius 3 is 2.53 bits per heavy atom. The first kappa shape index (κ1) is 29.1. The molecular formula is C28H39ClO9. The third kappa shape index (κ3) is 4.59. The molecule has 0 amide bonds. The highest BCUT2D eigenvalue weighted by molar-refractivity contribution is 6.23. The molecule has 0 radical (unpaired) electrons. The Morgan fingerprint density at radius 2 is 1.89 bits per heavy atom. The Kier molecular flexibility index (Phi) is 8.07. The number of allylic oxidation sites excluding steroid dienone is 1. The second-order valence-corrected chi connectivity index (χ2v) is 11.9. The first-order valence-corrected chi connectivity index (χ1v) is 13.9. The second kappa shape index (κ2) is 10.6. The molecule has 0 aromatic rings. The summed E-state index contributed by atoms with van der Waals surface area (Å²) in [5, 5.41) is 23.1. The molecule has 4 rings (SSSR count). The molecule has 0 aromatic carbocycles. The van der Waals surface area contributed by atoms with Crippen LogP contribution in [0.5, 0.6) is 0 Å². The lowest BCUT2D eigenvalue weighted by molar-refractivity contribution is -0.208. The summed E-state index contributed by atoms with van der Waals surface area (Å²) in [6.07, 6.45) is 0.559. The quantitative estimate of drug-likeness (QED) is 0.167. The van der Waals surface area contributed by atoms with Gasteiger partial charge < -0.3 is 29.2 Å². The van der Waals surface area contributed by atoms with Gasteiger partial charge in [-0.25, -0.2) is 0 Å². The van der Waals surface area contributed by atoms with E-state index in [1.807, 2.05) is 20.8 Å². The van der Waals surface area contributed by atoms with E-state index in [1.54, 1.807) is 12.2 Å². The zero-order valence-corrected chi connectivity index (χ0v) is 23.3. The number of hydrogen-bond donors (Lipinski definition) is 2. The topological polar surface area (TPSA) is 132 Å². The summed E-state index contributed by atoms with van der Waals surface area (Å²) in [4.78, 5) is 37.6. The standard InChI is InChI=1S/C28H39ClO9/c1-7-8-9-10-18(31)36-21-14(3)19-23(32)28(34)15(4)26(33)38-24(28)20(29)13(2)11-12-17(35-16(5)30)27(19,6)25-22(21)37-25/h11-12,14-15,17,19-25,32,34H,2,7-10H2,1,3-6H3/t14-,15+,17+,19-,20+,21+,22+,23?,24+,25+,27-,28-/m1/s1. The van der Waals surface area contributed by atoms with Crippen molar-refractivity contribution in [1.82, 2.24) is 0 Å². The average Bonchev–Trinajstić information content (AvgIpc) is 3.63. The van der Waals surface area contributed by atoms with Crippen LogP contribution in [0.3, 0.4) is 0 Å². The van der Waals surface area contributed by atoms with Crippen LogP contribution in [0.15, 0.2) is 24.3 Å².